The van der Waals surface area contributed by atoms with Crippen LogP contribution in [0, 0.1) is 0 Å². The summed E-state index contributed by atoms with van der Waals surface area (Å²) in [5.41, 5.74) is 0. The fourth-order valence-electron chi connectivity index (χ4n) is 1.07. The zero-order valence-corrected chi connectivity index (χ0v) is 9.15. The first-order valence-electron chi connectivity index (χ1n) is 4.99. The van der Waals surface area contributed by atoms with E-state index in [1.807, 2.05) is 6.92 Å². The predicted molar refractivity (Wildman–Crippen MR) is 54.9 cm³/mol. The summed E-state index contributed by atoms with van der Waals surface area (Å²) in [6.45, 7) is 3.36. The number of carboxylic acids is 1. The quantitative estimate of drug-likeness (QED) is 0.652. The van der Waals surface area contributed by atoms with E-state index in [1.54, 1.807) is 0 Å². The standard InChI is InChI=1S/C9H14N4O3/c1-3-4-6-11-7(13-12-6)8(14)10-5(2)9(15)16/h5H,3-4H2,1-2H3,(H,10,14)(H,15,16)(H,11,12,13)/t5-/m0/s1. The van der Waals surface area contributed by atoms with Gasteiger partial charge in [0.05, 0.1) is 0 Å². The first kappa shape index (κ1) is 12.2. The van der Waals surface area contributed by atoms with Crippen molar-refractivity contribution in [1.82, 2.24) is 20.5 Å². The number of carbonyl (C=O) groups is 2. The summed E-state index contributed by atoms with van der Waals surface area (Å²) in [5.74, 6) is -1.10. The second-order valence-electron chi connectivity index (χ2n) is 3.39. The lowest BCUT2D eigenvalue weighted by molar-refractivity contribution is -0.138. The van der Waals surface area contributed by atoms with Crippen molar-refractivity contribution in [3.8, 4) is 0 Å². The van der Waals surface area contributed by atoms with Gasteiger partial charge in [-0.05, 0) is 13.3 Å². The molecule has 88 valence electrons. The number of aromatic nitrogens is 3. The monoisotopic (exact) mass is 226 g/mol. The Bertz CT molecular complexity index is 388. The molecule has 1 aromatic rings. The molecule has 0 unspecified atom stereocenters. The van der Waals surface area contributed by atoms with Crippen molar-refractivity contribution in [3.05, 3.63) is 11.6 Å². The van der Waals surface area contributed by atoms with Crippen LogP contribution in [0.15, 0.2) is 0 Å². The van der Waals surface area contributed by atoms with Crippen LogP contribution in [0.5, 0.6) is 0 Å². The van der Waals surface area contributed by atoms with E-state index in [9.17, 15) is 9.59 Å². The maximum Gasteiger partial charge on any atom is 0.325 e. The highest BCUT2D eigenvalue weighted by Gasteiger charge is 2.18. The lowest BCUT2D eigenvalue weighted by atomic mass is 10.3. The van der Waals surface area contributed by atoms with E-state index in [-0.39, 0.29) is 5.82 Å². The van der Waals surface area contributed by atoms with Crippen molar-refractivity contribution in [3.63, 3.8) is 0 Å². The predicted octanol–water partition coefficient (Wildman–Crippen LogP) is -0.0399. The van der Waals surface area contributed by atoms with Gasteiger partial charge in [0, 0.05) is 6.42 Å². The summed E-state index contributed by atoms with van der Waals surface area (Å²) in [6, 6.07) is -0.958. The largest absolute Gasteiger partial charge is 0.480 e. The fraction of sp³-hybridized carbons (Fsp3) is 0.556. The van der Waals surface area contributed by atoms with E-state index in [1.165, 1.54) is 6.92 Å². The molecule has 0 saturated carbocycles. The molecular formula is C9H14N4O3. The highest BCUT2D eigenvalue weighted by atomic mass is 16.4. The molecule has 0 fully saturated rings. The minimum atomic E-state index is -1.10. The van der Waals surface area contributed by atoms with E-state index < -0.39 is 17.9 Å². The fourth-order valence-corrected chi connectivity index (χ4v) is 1.07. The smallest absolute Gasteiger partial charge is 0.325 e. The Morgan fingerprint density at radius 3 is 2.81 bits per heavy atom. The highest BCUT2D eigenvalue weighted by molar-refractivity contribution is 5.93. The van der Waals surface area contributed by atoms with Crippen LogP contribution >= 0.6 is 0 Å². The molecule has 1 heterocycles. The highest BCUT2D eigenvalue weighted by Crippen LogP contribution is 1.97. The molecule has 1 atom stereocenters. The van der Waals surface area contributed by atoms with Crippen LogP contribution in [0.25, 0.3) is 0 Å². The Morgan fingerprint density at radius 2 is 2.25 bits per heavy atom. The molecule has 0 spiro atoms. The van der Waals surface area contributed by atoms with Gasteiger partial charge in [-0.1, -0.05) is 6.92 Å². The number of hydrogen-bond donors (Lipinski definition) is 3. The zero-order chi connectivity index (χ0) is 12.1. The molecule has 1 rings (SSSR count). The second kappa shape index (κ2) is 5.24. The van der Waals surface area contributed by atoms with Gasteiger partial charge in [0.1, 0.15) is 11.9 Å². The number of nitrogens with one attached hydrogen (secondary N) is 2. The van der Waals surface area contributed by atoms with Crippen LogP contribution < -0.4 is 5.32 Å². The number of carbonyl (C=O) groups excluding carboxylic acids is 1. The molecule has 1 aromatic heterocycles. The van der Waals surface area contributed by atoms with Gasteiger partial charge >= 0.3 is 5.97 Å². The average molecular weight is 226 g/mol. The van der Waals surface area contributed by atoms with Gasteiger partial charge in [-0.15, -0.1) is 5.10 Å². The minimum absolute atomic E-state index is 0.0310. The van der Waals surface area contributed by atoms with Crippen molar-refractivity contribution in [2.45, 2.75) is 32.7 Å². The normalized spacial score (nSPS) is 12.1. The number of carboxylic acid groups (broad SMARTS) is 1. The van der Waals surface area contributed by atoms with Gasteiger partial charge < -0.3 is 10.4 Å². The summed E-state index contributed by atoms with van der Waals surface area (Å²) in [7, 11) is 0. The van der Waals surface area contributed by atoms with Crippen LogP contribution in [-0.4, -0.2) is 38.2 Å². The number of amides is 1. The number of hydrogen-bond acceptors (Lipinski definition) is 4. The summed E-state index contributed by atoms with van der Waals surface area (Å²) in [5, 5.41) is 17.2. The molecule has 0 aliphatic rings. The number of aromatic amines is 1. The third kappa shape index (κ3) is 3.04. The molecule has 0 aliphatic carbocycles. The van der Waals surface area contributed by atoms with Crippen LogP contribution in [0.4, 0.5) is 0 Å². The third-order valence-corrected chi connectivity index (χ3v) is 1.94. The Balaban J connectivity index is 2.62. The maximum atomic E-state index is 11.5. The van der Waals surface area contributed by atoms with Crippen molar-refractivity contribution < 1.29 is 14.7 Å². The molecule has 0 aliphatic heterocycles. The summed E-state index contributed by atoms with van der Waals surface area (Å²) >= 11 is 0. The van der Waals surface area contributed by atoms with Gasteiger partial charge in [0.25, 0.3) is 5.91 Å². The molecule has 7 nitrogen and oxygen atoms in total. The van der Waals surface area contributed by atoms with E-state index in [0.29, 0.717) is 12.2 Å². The van der Waals surface area contributed by atoms with Gasteiger partial charge in [0.2, 0.25) is 5.82 Å². The Hall–Kier alpha value is -1.92. The summed E-state index contributed by atoms with van der Waals surface area (Å²) < 4.78 is 0. The molecule has 0 bridgehead atoms. The van der Waals surface area contributed by atoms with E-state index in [0.717, 1.165) is 6.42 Å². The van der Waals surface area contributed by atoms with Gasteiger partial charge in [-0.3, -0.25) is 14.7 Å². The third-order valence-electron chi connectivity index (χ3n) is 1.94. The Labute approximate surface area is 92.3 Å². The summed E-state index contributed by atoms with van der Waals surface area (Å²) in [6.07, 6.45) is 1.59. The number of aryl methyl sites for hydroxylation is 1. The van der Waals surface area contributed by atoms with Crippen molar-refractivity contribution in [1.29, 1.82) is 0 Å². The number of rotatable bonds is 5. The van der Waals surface area contributed by atoms with E-state index in [2.05, 4.69) is 20.5 Å². The molecule has 3 N–H and O–H groups in total. The number of H-pyrrole nitrogens is 1. The van der Waals surface area contributed by atoms with Crippen LogP contribution in [0.3, 0.4) is 0 Å². The van der Waals surface area contributed by atoms with Crippen molar-refractivity contribution >= 4 is 11.9 Å². The van der Waals surface area contributed by atoms with Gasteiger partial charge in [0.15, 0.2) is 0 Å². The van der Waals surface area contributed by atoms with Crippen molar-refractivity contribution in [2.24, 2.45) is 0 Å². The zero-order valence-electron chi connectivity index (χ0n) is 9.15. The molecule has 0 saturated heterocycles. The van der Waals surface area contributed by atoms with Crippen LogP contribution in [0.2, 0.25) is 0 Å². The van der Waals surface area contributed by atoms with Gasteiger partial charge in [-0.25, -0.2) is 4.98 Å². The SMILES string of the molecule is CCCc1nc(C(=O)N[C@@H](C)C(=O)O)n[nH]1. The van der Waals surface area contributed by atoms with Gasteiger partial charge in [-0.2, -0.15) is 0 Å². The minimum Gasteiger partial charge on any atom is -0.480 e. The topological polar surface area (TPSA) is 108 Å². The Kier molecular flexibility index (Phi) is 3.98. The average Bonchev–Trinajstić information content (AvgIpc) is 2.66. The molecular weight excluding hydrogens is 212 g/mol. The molecule has 7 heteroatoms. The molecule has 0 aromatic carbocycles. The first-order valence-corrected chi connectivity index (χ1v) is 4.99. The molecule has 16 heavy (non-hydrogen) atoms. The van der Waals surface area contributed by atoms with Crippen LogP contribution in [0.1, 0.15) is 36.7 Å². The van der Waals surface area contributed by atoms with E-state index in [4.69, 9.17) is 5.11 Å². The number of nitrogens with zero attached hydrogens (tertiary/aromatic N) is 2. The Morgan fingerprint density at radius 1 is 1.56 bits per heavy atom. The first-order chi connectivity index (χ1) is 7.54. The lowest BCUT2D eigenvalue weighted by Crippen LogP contribution is -2.38. The maximum absolute atomic E-state index is 11.5. The van der Waals surface area contributed by atoms with Crippen molar-refractivity contribution in [2.75, 3.05) is 0 Å². The second-order valence-corrected chi connectivity index (χ2v) is 3.39. The van der Waals surface area contributed by atoms with Crippen LogP contribution in [-0.2, 0) is 11.2 Å². The van der Waals surface area contributed by atoms with E-state index >= 15 is 0 Å². The lowest BCUT2D eigenvalue weighted by Gasteiger charge is -2.05. The number of aliphatic carboxylic acids is 1. The molecule has 0 radical (unpaired) electrons. The summed E-state index contributed by atoms with van der Waals surface area (Å²) in [4.78, 5) is 25.9. The molecule has 1 amide bonds.